The molecule has 2 heterocycles. The first-order valence-electron chi connectivity index (χ1n) is 9.06. The van der Waals surface area contributed by atoms with E-state index < -0.39 is 0 Å². The predicted octanol–water partition coefficient (Wildman–Crippen LogP) is 3.69. The summed E-state index contributed by atoms with van der Waals surface area (Å²) in [5, 5.41) is 7.07. The Morgan fingerprint density at radius 2 is 2.08 bits per heavy atom. The third kappa shape index (κ3) is 4.13. The SMILES string of the molecule is Cc1ccccc1[C@]1(CC(=O)NCc2snnc2C)CCOC(C)(C)C1. The van der Waals surface area contributed by atoms with Crippen LogP contribution in [0.15, 0.2) is 24.3 Å². The summed E-state index contributed by atoms with van der Waals surface area (Å²) in [4.78, 5) is 13.8. The van der Waals surface area contributed by atoms with Gasteiger partial charge in [-0.3, -0.25) is 4.79 Å². The quantitative estimate of drug-likeness (QED) is 0.868. The Bertz CT molecular complexity index is 787. The van der Waals surface area contributed by atoms with Crippen molar-refractivity contribution in [2.75, 3.05) is 6.61 Å². The summed E-state index contributed by atoms with van der Waals surface area (Å²) in [6, 6.07) is 8.42. The number of carbonyl (C=O) groups is 1. The number of nitrogens with one attached hydrogen (secondary N) is 1. The fourth-order valence-electron chi connectivity index (χ4n) is 4.08. The molecule has 1 aliphatic heterocycles. The topological polar surface area (TPSA) is 64.1 Å². The molecule has 1 fully saturated rings. The minimum Gasteiger partial charge on any atom is -0.376 e. The van der Waals surface area contributed by atoms with Crippen LogP contribution in [0.3, 0.4) is 0 Å². The molecule has 0 bridgehead atoms. The third-order valence-electron chi connectivity index (χ3n) is 5.24. The van der Waals surface area contributed by atoms with Crippen molar-refractivity contribution in [1.29, 1.82) is 0 Å². The average molecular weight is 374 g/mol. The molecule has 0 aliphatic carbocycles. The van der Waals surface area contributed by atoms with E-state index in [9.17, 15) is 4.79 Å². The lowest BCUT2D eigenvalue weighted by atomic mass is 9.66. The molecule has 1 N–H and O–H groups in total. The van der Waals surface area contributed by atoms with Gasteiger partial charge in [-0.15, -0.1) is 5.10 Å². The van der Waals surface area contributed by atoms with Gasteiger partial charge < -0.3 is 10.1 Å². The van der Waals surface area contributed by atoms with Crippen molar-refractivity contribution in [3.8, 4) is 0 Å². The van der Waals surface area contributed by atoms with E-state index >= 15 is 0 Å². The van der Waals surface area contributed by atoms with Crippen molar-refractivity contribution in [2.45, 2.75) is 64.5 Å². The maximum Gasteiger partial charge on any atom is 0.221 e. The number of ether oxygens (including phenoxy) is 1. The summed E-state index contributed by atoms with van der Waals surface area (Å²) in [7, 11) is 0. The van der Waals surface area contributed by atoms with E-state index in [0.717, 1.165) is 23.4 Å². The molecule has 1 amide bonds. The molecule has 1 aliphatic rings. The molecular formula is C20H27N3O2S. The van der Waals surface area contributed by atoms with Crippen LogP contribution in [-0.2, 0) is 21.5 Å². The Balaban J connectivity index is 1.81. The Labute approximate surface area is 159 Å². The lowest BCUT2D eigenvalue weighted by Gasteiger charge is -2.45. The Kier molecular flexibility index (Phi) is 5.44. The number of hydrogen-bond acceptors (Lipinski definition) is 5. The molecule has 26 heavy (non-hydrogen) atoms. The molecule has 0 unspecified atom stereocenters. The number of nitrogens with zero attached hydrogens (tertiary/aromatic N) is 2. The fourth-order valence-corrected chi connectivity index (χ4v) is 4.65. The van der Waals surface area contributed by atoms with Crippen LogP contribution in [0.1, 0.15) is 54.8 Å². The maximum absolute atomic E-state index is 12.8. The molecule has 2 aromatic rings. The summed E-state index contributed by atoms with van der Waals surface area (Å²) in [5.41, 5.74) is 2.95. The number of amides is 1. The number of aromatic nitrogens is 2. The Morgan fingerprint density at radius 3 is 2.73 bits per heavy atom. The lowest BCUT2D eigenvalue weighted by Crippen LogP contribution is -2.46. The number of benzene rings is 1. The normalized spacial score (nSPS) is 22.2. The van der Waals surface area contributed by atoms with Gasteiger partial charge in [0.05, 0.1) is 22.7 Å². The zero-order valence-electron chi connectivity index (χ0n) is 16.0. The van der Waals surface area contributed by atoms with E-state index in [1.54, 1.807) is 0 Å². The van der Waals surface area contributed by atoms with Crippen LogP contribution in [0.5, 0.6) is 0 Å². The van der Waals surface area contributed by atoms with Gasteiger partial charge in [-0.05, 0) is 63.2 Å². The second-order valence-corrected chi connectivity index (χ2v) is 8.70. The Morgan fingerprint density at radius 1 is 1.31 bits per heavy atom. The second kappa shape index (κ2) is 7.45. The zero-order chi connectivity index (χ0) is 18.8. The molecule has 0 spiro atoms. The van der Waals surface area contributed by atoms with Gasteiger partial charge in [0.15, 0.2) is 0 Å². The largest absolute Gasteiger partial charge is 0.376 e. The van der Waals surface area contributed by atoms with Crippen LogP contribution in [0.2, 0.25) is 0 Å². The number of rotatable bonds is 5. The molecule has 1 aromatic heterocycles. The first-order chi connectivity index (χ1) is 12.3. The monoisotopic (exact) mass is 373 g/mol. The summed E-state index contributed by atoms with van der Waals surface area (Å²) < 4.78 is 9.88. The lowest BCUT2D eigenvalue weighted by molar-refractivity contribution is -0.126. The molecular weight excluding hydrogens is 346 g/mol. The maximum atomic E-state index is 12.8. The highest BCUT2D eigenvalue weighted by atomic mass is 32.1. The summed E-state index contributed by atoms with van der Waals surface area (Å²) in [6.07, 6.45) is 2.16. The molecule has 3 rings (SSSR count). The molecule has 1 saturated heterocycles. The molecule has 1 atom stereocenters. The van der Waals surface area contributed by atoms with E-state index in [1.165, 1.54) is 22.7 Å². The molecule has 0 saturated carbocycles. The highest BCUT2D eigenvalue weighted by Crippen LogP contribution is 2.45. The molecule has 6 heteroatoms. The van der Waals surface area contributed by atoms with Gasteiger partial charge in [0, 0.05) is 18.4 Å². The van der Waals surface area contributed by atoms with E-state index in [0.29, 0.717) is 19.6 Å². The van der Waals surface area contributed by atoms with E-state index in [2.05, 4.69) is 59.9 Å². The van der Waals surface area contributed by atoms with Crippen molar-refractivity contribution in [1.82, 2.24) is 14.9 Å². The summed E-state index contributed by atoms with van der Waals surface area (Å²) >= 11 is 1.34. The predicted molar refractivity (Wildman–Crippen MR) is 103 cm³/mol. The molecule has 5 nitrogen and oxygen atoms in total. The average Bonchev–Trinajstić information content (AvgIpc) is 2.97. The smallest absolute Gasteiger partial charge is 0.221 e. The molecule has 0 radical (unpaired) electrons. The van der Waals surface area contributed by atoms with Gasteiger partial charge in [-0.2, -0.15) is 0 Å². The minimum absolute atomic E-state index is 0.0683. The van der Waals surface area contributed by atoms with Gasteiger partial charge in [-0.1, -0.05) is 28.8 Å². The first-order valence-corrected chi connectivity index (χ1v) is 9.83. The first kappa shape index (κ1) is 19.0. The van der Waals surface area contributed by atoms with E-state index in [1.807, 2.05) is 6.92 Å². The molecule has 1 aromatic carbocycles. The van der Waals surface area contributed by atoms with E-state index in [-0.39, 0.29) is 16.9 Å². The number of carbonyl (C=O) groups excluding carboxylic acids is 1. The van der Waals surface area contributed by atoms with Crippen molar-refractivity contribution >= 4 is 17.4 Å². The highest BCUT2D eigenvalue weighted by Gasteiger charge is 2.44. The van der Waals surface area contributed by atoms with Crippen LogP contribution >= 0.6 is 11.5 Å². The van der Waals surface area contributed by atoms with Crippen LogP contribution in [0.4, 0.5) is 0 Å². The highest BCUT2D eigenvalue weighted by molar-refractivity contribution is 7.05. The van der Waals surface area contributed by atoms with Gasteiger partial charge in [0.2, 0.25) is 5.91 Å². The standard InChI is InChI=1S/C20H27N3O2S/c1-14-7-5-6-8-16(14)20(9-10-25-19(3,4)13-20)11-18(24)21-12-17-15(2)22-23-26-17/h5-8H,9-13H2,1-4H3,(H,21,24)/t20-/m0/s1. The third-order valence-corrected chi connectivity index (χ3v) is 6.07. The van der Waals surface area contributed by atoms with Crippen molar-refractivity contribution in [2.24, 2.45) is 0 Å². The van der Waals surface area contributed by atoms with Gasteiger partial charge in [0.1, 0.15) is 0 Å². The van der Waals surface area contributed by atoms with Gasteiger partial charge in [-0.25, -0.2) is 0 Å². The van der Waals surface area contributed by atoms with Crippen LogP contribution in [0.25, 0.3) is 0 Å². The number of aryl methyl sites for hydroxylation is 2. The van der Waals surface area contributed by atoms with Crippen molar-refractivity contribution in [3.05, 3.63) is 46.0 Å². The second-order valence-electron chi connectivity index (χ2n) is 7.87. The Hall–Kier alpha value is -1.79. The minimum atomic E-state index is -0.237. The van der Waals surface area contributed by atoms with Crippen LogP contribution < -0.4 is 5.32 Å². The van der Waals surface area contributed by atoms with Crippen LogP contribution in [-0.4, -0.2) is 27.7 Å². The fraction of sp³-hybridized carbons (Fsp3) is 0.550. The van der Waals surface area contributed by atoms with Gasteiger partial charge >= 0.3 is 0 Å². The summed E-state index contributed by atoms with van der Waals surface area (Å²) in [5.74, 6) is 0.0683. The van der Waals surface area contributed by atoms with Crippen molar-refractivity contribution < 1.29 is 9.53 Å². The molecule has 140 valence electrons. The van der Waals surface area contributed by atoms with Gasteiger partial charge in [0.25, 0.3) is 0 Å². The van der Waals surface area contributed by atoms with Crippen LogP contribution in [0, 0.1) is 13.8 Å². The summed E-state index contributed by atoms with van der Waals surface area (Å²) in [6.45, 7) is 9.44. The van der Waals surface area contributed by atoms with E-state index in [4.69, 9.17) is 4.74 Å². The number of hydrogen-bond donors (Lipinski definition) is 1. The zero-order valence-corrected chi connectivity index (χ0v) is 16.8. The van der Waals surface area contributed by atoms with Crippen molar-refractivity contribution in [3.63, 3.8) is 0 Å².